The second-order valence-corrected chi connectivity index (χ2v) is 4.10. The van der Waals surface area contributed by atoms with Crippen LogP contribution in [-0.4, -0.2) is 36.6 Å². The summed E-state index contributed by atoms with van der Waals surface area (Å²) in [7, 11) is 1.58. The Hall–Kier alpha value is -2.57. The number of alkyl carbamates (subject to hydrolysis) is 1. The van der Waals surface area contributed by atoms with Crippen molar-refractivity contribution in [3.63, 3.8) is 0 Å². The van der Waals surface area contributed by atoms with Gasteiger partial charge in [-0.2, -0.15) is 0 Å². The molecule has 0 saturated carbocycles. The number of carbonyl (C=O) groups is 1. The summed E-state index contributed by atoms with van der Waals surface area (Å²) in [6.07, 6.45) is -0.0250. The smallest absolute Gasteiger partial charge is 0.407 e. The van der Waals surface area contributed by atoms with Crippen molar-refractivity contribution in [1.29, 1.82) is 0 Å². The van der Waals surface area contributed by atoms with Crippen LogP contribution in [-0.2, 0) is 11.2 Å². The number of amides is 1. The van der Waals surface area contributed by atoms with Gasteiger partial charge in [0.25, 0.3) is 5.89 Å². The third kappa shape index (κ3) is 3.95. The van der Waals surface area contributed by atoms with Gasteiger partial charge in [-0.1, -0.05) is 12.1 Å². The fourth-order valence-corrected chi connectivity index (χ4v) is 1.74. The molecule has 0 aliphatic carbocycles. The van der Waals surface area contributed by atoms with E-state index in [2.05, 4.69) is 15.5 Å². The quantitative estimate of drug-likeness (QED) is 0.876. The van der Waals surface area contributed by atoms with Crippen LogP contribution in [0.5, 0.6) is 5.75 Å². The predicted molar refractivity (Wildman–Crippen MR) is 75.0 cm³/mol. The number of nitrogens with zero attached hydrogens (tertiary/aromatic N) is 2. The minimum atomic E-state index is -0.457. The number of rotatable bonds is 6. The molecule has 0 atom stereocenters. The van der Waals surface area contributed by atoms with E-state index >= 15 is 0 Å². The largest absolute Gasteiger partial charge is 0.496 e. The van der Waals surface area contributed by atoms with Crippen LogP contribution < -0.4 is 10.1 Å². The Morgan fingerprint density at radius 3 is 2.90 bits per heavy atom. The summed E-state index contributed by atoms with van der Waals surface area (Å²) in [5, 5.41) is 10.5. The van der Waals surface area contributed by atoms with Crippen LogP contribution in [0.2, 0.25) is 0 Å². The Morgan fingerprint density at radius 1 is 1.33 bits per heavy atom. The van der Waals surface area contributed by atoms with Gasteiger partial charge in [0.2, 0.25) is 5.89 Å². The molecule has 0 saturated heterocycles. The van der Waals surface area contributed by atoms with E-state index in [0.717, 1.165) is 5.56 Å². The van der Waals surface area contributed by atoms with E-state index in [-0.39, 0.29) is 0 Å². The molecule has 21 heavy (non-hydrogen) atoms. The summed E-state index contributed by atoms with van der Waals surface area (Å²) in [6.45, 7) is 2.45. The maximum Gasteiger partial charge on any atom is 0.407 e. The van der Waals surface area contributed by atoms with Gasteiger partial charge >= 0.3 is 6.09 Å². The first-order chi connectivity index (χ1) is 10.2. The molecular formula is C14H17N3O4. The van der Waals surface area contributed by atoms with Crippen molar-refractivity contribution in [3.05, 3.63) is 30.2 Å². The van der Waals surface area contributed by atoms with E-state index in [1.54, 1.807) is 14.0 Å². The van der Waals surface area contributed by atoms with Gasteiger partial charge in [0.15, 0.2) is 0 Å². The molecule has 0 fully saturated rings. The van der Waals surface area contributed by atoms with Crippen molar-refractivity contribution in [2.75, 3.05) is 20.3 Å². The Bertz CT molecular complexity index is 597. The maximum absolute atomic E-state index is 11.1. The summed E-state index contributed by atoms with van der Waals surface area (Å²) in [6, 6.07) is 7.39. The van der Waals surface area contributed by atoms with E-state index in [1.807, 2.05) is 24.3 Å². The second kappa shape index (κ2) is 7.28. The van der Waals surface area contributed by atoms with Crippen LogP contribution >= 0.6 is 0 Å². The number of para-hydroxylation sites is 1. The Balaban J connectivity index is 1.97. The summed E-state index contributed by atoms with van der Waals surface area (Å²) < 4.78 is 15.6. The summed E-state index contributed by atoms with van der Waals surface area (Å²) >= 11 is 0. The van der Waals surface area contributed by atoms with Crippen molar-refractivity contribution >= 4 is 6.09 Å². The van der Waals surface area contributed by atoms with Crippen LogP contribution in [0.25, 0.3) is 11.5 Å². The molecule has 0 spiro atoms. The van der Waals surface area contributed by atoms with Crippen LogP contribution in [0, 0.1) is 0 Å². The first-order valence-corrected chi connectivity index (χ1v) is 6.61. The normalized spacial score (nSPS) is 10.2. The summed E-state index contributed by atoms with van der Waals surface area (Å²) in [5.74, 6) is 1.49. The highest BCUT2D eigenvalue weighted by molar-refractivity contribution is 5.67. The summed E-state index contributed by atoms with van der Waals surface area (Å²) in [5.41, 5.74) is 0.733. The number of hydrogen-bond acceptors (Lipinski definition) is 6. The van der Waals surface area contributed by atoms with E-state index in [0.29, 0.717) is 37.1 Å². The number of ether oxygens (including phenoxy) is 2. The van der Waals surface area contributed by atoms with Gasteiger partial charge in [-0.15, -0.1) is 10.2 Å². The first kappa shape index (κ1) is 14.8. The molecule has 1 aromatic carbocycles. The SMILES string of the molecule is CCOC(=O)NCCc1nnc(-c2ccccc2OC)o1. The molecule has 0 radical (unpaired) electrons. The van der Waals surface area contributed by atoms with Crippen molar-refractivity contribution in [3.8, 4) is 17.2 Å². The minimum absolute atomic E-state index is 0.338. The number of hydrogen-bond donors (Lipinski definition) is 1. The topological polar surface area (TPSA) is 86.5 Å². The maximum atomic E-state index is 11.1. The average molecular weight is 291 g/mol. The van der Waals surface area contributed by atoms with Crippen molar-refractivity contribution in [2.45, 2.75) is 13.3 Å². The van der Waals surface area contributed by atoms with Crippen LogP contribution in [0.4, 0.5) is 4.79 Å². The van der Waals surface area contributed by atoms with Gasteiger partial charge in [0.05, 0.1) is 19.3 Å². The number of carbonyl (C=O) groups excluding carboxylic acids is 1. The molecular weight excluding hydrogens is 274 g/mol. The zero-order valence-corrected chi connectivity index (χ0v) is 12.0. The van der Waals surface area contributed by atoms with E-state index in [1.165, 1.54) is 0 Å². The lowest BCUT2D eigenvalue weighted by Crippen LogP contribution is -2.26. The standard InChI is InChI=1S/C14H17N3O4/c1-3-20-14(18)15-9-8-12-16-17-13(21-12)10-6-4-5-7-11(10)19-2/h4-7H,3,8-9H2,1-2H3,(H,15,18). The molecule has 0 bridgehead atoms. The molecule has 0 aliphatic rings. The number of methoxy groups -OCH3 is 1. The Labute approximate surface area is 122 Å². The van der Waals surface area contributed by atoms with Crippen LogP contribution in [0.1, 0.15) is 12.8 Å². The zero-order chi connectivity index (χ0) is 15.1. The molecule has 1 aromatic heterocycles. The molecule has 2 rings (SSSR count). The molecule has 7 nitrogen and oxygen atoms in total. The highest BCUT2D eigenvalue weighted by Crippen LogP contribution is 2.28. The predicted octanol–water partition coefficient (Wildman–Crippen LogP) is 2.03. The second-order valence-electron chi connectivity index (χ2n) is 4.10. The molecule has 1 amide bonds. The van der Waals surface area contributed by atoms with Crippen LogP contribution in [0.15, 0.2) is 28.7 Å². The van der Waals surface area contributed by atoms with E-state index in [9.17, 15) is 4.79 Å². The number of nitrogens with one attached hydrogen (secondary N) is 1. The van der Waals surface area contributed by atoms with Crippen molar-refractivity contribution in [1.82, 2.24) is 15.5 Å². The summed E-state index contributed by atoms with van der Waals surface area (Å²) in [4.78, 5) is 11.1. The van der Waals surface area contributed by atoms with Gasteiger partial charge < -0.3 is 19.2 Å². The average Bonchev–Trinajstić information content (AvgIpc) is 2.96. The van der Waals surface area contributed by atoms with Gasteiger partial charge in [-0.05, 0) is 19.1 Å². The van der Waals surface area contributed by atoms with Gasteiger partial charge in [-0.3, -0.25) is 0 Å². The third-order valence-corrected chi connectivity index (χ3v) is 2.69. The van der Waals surface area contributed by atoms with Crippen molar-refractivity contribution in [2.24, 2.45) is 0 Å². The third-order valence-electron chi connectivity index (χ3n) is 2.69. The van der Waals surface area contributed by atoms with Gasteiger partial charge in [-0.25, -0.2) is 4.79 Å². The van der Waals surface area contributed by atoms with Crippen LogP contribution in [0.3, 0.4) is 0 Å². The molecule has 2 aromatic rings. The zero-order valence-electron chi connectivity index (χ0n) is 12.0. The molecule has 7 heteroatoms. The van der Waals surface area contributed by atoms with Gasteiger partial charge in [0, 0.05) is 13.0 Å². The van der Waals surface area contributed by atoms with E-state index < -0.39 is 6.09 Å². The fourth-order valence-electron chi connectivity index (χ4n) is 1.74. The highest BCUT2D eigenvalue weighted by Gasteiger charge is 2.13. The Morgan fingerprint density at radius 2 is 2.14 bits per heavy atom. The lowest BCUT2D eigenvalue weighted by Gasteiger charge is -2.03. The molecule has 1 N–H and O–H groups in total. The molecule has 0 unspecified atom stereocenters. The minimum Gasteiger partial charge on any atom is -0.496 e. The van der Waals surface area contributed by atoms with E-state index in [4.69, 9.17) is 13.9 Å². The molecule has 112 valence electrons. The lowest BCUT2D eigenvalue weighted by molar-refractivity contribution is 0.152. The lowest BCUT2D eigenvalue weighted by atomic mass is 10.2. The van der Waals surface area contributed by atoms with Gasteiger partial charge in [0.1, 0.15) is 5.75 Å². The number of aromatic nitrogens is 2. The Kier molecular flexibility index (Phi) is 5.14. The first-order valence-electron chi connectivity index (χ1n) is 6.61. The number of benzene rings is 1. The fraction of sp³-hybridized carbons (Fsp3) is 0.357. The van der Waals surface area contributed by atoms with Crippen molar-refractivity contribution < 1.29 is 18.7 Å². The molecule has 1 heterocycles. The monoisotopic (exact) mass is 291 g/mol. The molecule has 0 aliphatic heterocycles. The highest BCUT2D eigenvalue weighted by atomic mass is 16.5.